The zero-order valence-corrected chi connectivity index (χ0v) is 27.5. The fraction of sp³-hybridized carbons (Fsp3) is 0. The first-order chi connectivity index (χ1) is 25.3. The monoisotopic (exact) mass is 654 g/mol. The fourth-order valence-electron chi connectivity index (χ4n) is 7.33. The molecule has 0 N–H and O–H groups in total. The van der Waals surface area contributed by atoms with Crippen LogP contribution in [0.25, 0.3) is 77.3 Å². The van der Waals surface area contributed by atoms with Crippen LogP contribution in [0.3, 0.4) is 0 Å². The molecular formula is C47H30N2O2. The minimum absolute atomic E-state index is 0.841. The number of rotatable bonds is 6. The summed E-state index contributed by atoms with van der Waals surface area (Å²) in [6.45, 7) is 0. The molecule has 4 heteroatoms. The summed E-state index contributed by atoms with van der Waals surface area (Å²) in [7, 11) is 0. The van der Waals surface area contributed by atoms with Gasteiger partial charge < -0.3 is 13.7 Å². The molecule has 7 aromatic carbocycles. The summed E-state index contributed by atoms with van der Waals surface area (Å²) in [5.74, 6) is 0. The maximum atomic E-state index is 6.38. The molecule has 0 aliphatic heterocycles. The minimum Gasteiger partial charge on any atom is -0.455 e. The van der Waals surface area contributed by atoms with Gasteiger partial charge in [0, 0.05) is 62.1 Å². The molecular weight excluding hydrogens is 625 g/mol. The van der Waals surface area contributed by atoms with Crippen LogP contribution < -0.4 is 4.90 Å². The summed E-state index contributed by atoms with van der Waals surface area (Å²) in [5.41, 5.74) is 13.4. The second kappa shape index (κ2) is 11.9. The lowest BCUT2D eigenvalue weighted by atomic mass is 10.0. The minimum atomic E-state index is 0.841. The van der Waals surface area contributed by atoms with Crippen molar-refractivity contribution in [1.29, 1.82) is 0 Å². The zero-order valence-electron chi connectivity index (χ0n) is 27.5. The van der Waals surface area contributed by atoms with Crippen molar-refractivity contribution in [3.05, 3.63) is 182 Å². The summed E-state index contributed by atoms with van der Waals surface area (Å²) >= 11 is 0. The number of anilines is 3. The second-order valence-electron chi connectivity index (χ2n) is 12.8. The number of fused-ring (bicyclic) bond motifs is 6. The van der Waals surface area contributed by atoms with Crippen molar-refractivity contribution in [2.45, 2.75) is 0 Å². The maximum Gasteiger partial charge on any atom is 0.143 e. The first-order valence-corrected chi connectivity index (χ1v) is 17.1. The number of furan rings is 2. The van der Waals surface area contributed by atoms with Crippen LogP contribution in [-0.4, -0.2) is 4.98 Å². The Morgan fingerprint density at radius 1 is 0.373 bits per heavy atom. The molecule has 51 heavy (non-hydrogen) atoms. The van der Waals surface area contributed by atoms with E-state index in [4.69, 9.17) is 8.83 Å². The highest BCUT2D eigenvalue weighted by Gasteiger charge is 2.17. The molecule has 0 bridgehead atoms. The van der Waals surface area contributed by atoms with Gasteiger partial charge in [-0.1, -0.05) is 121 Å². The van der Waals surface area contributed by atoms with Gasteiger partial charge in [0.2, 0.25) is 0 Å². The highest BCUT2D eigenvalue weighted by Crippen LogP contribution is 2.41. The fourth-order valence-corrected chi connectivity index (χ4v) is 7.33. The molecule has 4 nitrogen and oxygen atoms in total. The van der Waals surface area contributed by atoms with E-state index < -0.39 is 0 Å². The van der Waals surface area contributed by atoms with Gasteiger partial charge in [0.25, 0.3) is 0 Å². The van der Waals surface area contributed by atoms with E-state index in [-0.39, 0.29) is 0 Å². The van der Waals surface area contributed by atoms with Gasteiger partial charge >= 0.3 is 0 Å². The topological polar surface area (TPSA) is 42.4 Å². The smallest absolute Gasteiger partial charge is 0.143 e. The third-order valence-electron chi connectivity index (χ3n) is 9.79. The van der Waals surface area contributed by atoms with E-state index in [1.807, 2.05) is 24.4 Å². The van der Waals surface area contributed by atoms with Crippen LogP contribution in [0.2, 0.25) is 0 Å². The van der Waals surface area contributed by atoms with Gasteiger partial charge in [-0.15, -0.1) is 0 Å². The van der Waals surface area contributed by atoms with Crippen LogP contribution in [0.4, 0.5) is 17.1 Å². The van der Waals surface area contributed by atoms with Crippen molar-refractivity contribution in [3.8, 4) is 33.4 Å². The molecule has 0 aliphatic rings. The van der Waals surface area contributed by atoms with Crippen molar-refractivity contribution in [3.63, 3.8) is 0 Å². The SMILES string of the molecule is c1ccc(-c2cccc(N(c3ccc(-c4cccc5c4oc4ccccc45)cc3)c3ccc(-c4cccc5c4oc4ccncc45)cc3)c2)cc1. The van der Waals surface area contributed by atoms with Crippen molar-refractivity contribution < 1.29 is 8.83 Å². The molecule has 0 saturated carbocycles. The number of para-hydroxylation sites is 3. The van der Waals surface area contributed by atoms with Gasteiger partial charge in [-0.05, 0) is 70.8 Å². The molecule has 10 rings (SSSR count). The Kier molecular flexibility index (Phi) is 6.78. The van der Waals surface area contributed by atoms with Gasteiger partial charge in [0.15, 0.2) is 0 Å². The molecule has 240 valence electrons. The lowest BCUT2D eigenvalue weighted by molar-refractivity contribution is 0.669. The summed E-state index contributed by atoms with van der Waals surface area (Å²) in [6.07, 6.45) is 3.64. The van der Waals surface area contributed by atoms with E-state index >= 15 is 0 Å². The molecule has 0 saturated heterocycles. The maximum absolute atomic E-state index is 6.38. The Morgan fingerprint density at radius 2 is 0.922 bits per heavy atom. The number of pyridine rings is 1. The average molecular weight is 655 g/mol. The first kappa shape index (κ1) is 29.0. The van der Waals surface area contributed by atoms with Crippen LogP contribution in [0.5, 0.6) is 0 Å². The molecule has 0 spiro atoms. The van der Waals surface area contributed by atoms with Crippen molar-refractivity contribution in [2.75, 3.05) is 4.90 Å². The summed E-state index contributed by atoms with van der Waals surface area (Å²) in [5, 5.41) is 4.35. The molecule has 0 radical (unpaired) electrons. The summed E-state index contributed by atoms with van der Waals surface area (Å²) in [6, 6.07) is 59.6. The van der Waals surface area contributed by atoms with Gasteiger partial charge in [-0.2, -0.15) is 0 Å². The first-order valence-electron chi connectivity index (χ1n) is 17.1. The third kappa shape index (κ3) is 4.96. The average Bonchev–Trinajstić information content (AvgIpc) is 3.78. The molecule has 0 fully saturated rings. The number of benzene rings is 7. The Labute approximate surface area is 294 Å². The van der Waals surface area contributed by atoms with Crippen LogP contribution in [0.15, 0.2) is 191 Å². The summed E-state index contributed by atoms with van der Waals surface area (Å²) < 4.78 is 12.7. The van der Waals surface area contributed by atoms with Gasteiger partial charge in [-0.3, -0.25) is 4.98 Å². The van der Waals surface area contributed by atoms with E-state index in [0.29, 0.717) is 0 Å². The second-order valence-corrected chi connectivity index (χ2v) is 12.8. The van der Waals surface area contributed by atoms with E-state index in [9.17, 15) is 0 Å². The molecule has 10 aromatic rings. The molecule has 3 heterocycles. The summed E-state index contributed by atoms with van der Waals surface area (Å²) in [4.78, 5) is 6.64. The van der Waals surface area contributed by atoms with Crippen LogP contribution in [-0.2, 0) is 0 Å². The Hall–Kier alpha value is -6.91. The Bertz CT molecular complexity index is 2690. The zero-order chi connectivity index (χ0) is 33.7. The molecule has 0 atom stereocenters. The number of hydrogen-bond donors (Lipinski definition) is 0. The number of hydrogen-bond acceptors (Lipinski definition) is 4. The number of nitrogens with zero attached hydrogens (tertiary/aromatic N) is 2. The predicted molar refractivity (Wildman–Crippen MR) is 210 cm³/mol. The van der Waals surface area contributed by atoms with Crippen molar-refractivity contribution >= 4 is 60.9 Å². The highest BCUT2D eigenvalue weighted by atomic mass is 16.3. The molecule has 0 unspecified atom stereocenters. The van der Waals surface area contributed by atoms with Gasteiger partial charge in [0.05, 0.1) is 0 Å². The van der Waals surface area contributed by atoms with E-state index in [0.717, 1.165) is 88.8 Å². The number of aromatic nitrogens is 1. The van der Waals surface area contributed by atoms with E-state index in [2.05, 4.69) is 162 Å². The van der Waals surface area contributed by atoms with Crippen LogP contribution in [0.1, 0.15) is 0 Å². The van der Waals surface area contributed by atoms with E-state index in [1.165, 1.54) is 5.56 Å². The normalized spacial score (nSPS) is 11.5. The van der Waals surface area contributed by atoms with Gasteiger partial charge in [0.1, 0.15) is 22.3 Å². The largest absolute Gasteiger partial charge is 0.455 e. The highest BCUT2D eigenvalue weighted by molar-refractivity contribution is 6.10. The Balaban J connectivity index is 1.08. The molecule has 0 amide bonds. The van der Waals surface area contributed by atoms with Crippen LogP contribution in [0, 0.1) is 0 Å². The lowest BCUT2D eigenvalue weighted by Crippen LogP contribution is -2.10. The van der Waals surface area contributed by atoms with Crippen molar-refractivity contribution in [2.24, 2.45) is 0 Å². The quantitative estimate of drug-likeness (QED) is 0.179. The lowest BCUT2D eigenvalue weighted by Gasteiger charge is -2.26. The van der Waals surface area contributed by atoms with E-state index in [1.54, 1.807) is 6.20 Å². The van der Waals surface area contributed by atoms with Gasteiger partial charge in [-0.25, -0.2) is 0 Å². The van der Waals surface area contributed by atoms with Crippen LogP contribution >= 0.6 is 0 Å². The predicted octanol–water partition coefficient (Wildman–Crippen LogP) is 13.4. The standard InChI is InChI=1S/C47H30N2O2/c1-2-9-31(10-3-1)34-11-6-12-37(29-34)49(35-23-19-32(20-24-35)38-14-7-16-41-40-13-4-5-18-44(40)50-46(38)41)36-25-21-33(22-26-36)39-15-8-17-42-43-30-48-28-27-45(43)51-47(39)42/h1-30H. The molecule has 0 aliphatic carbocycles. The Morgan fingerprint density at radius 3 is 1.61 bits per heavy atom. The van der Waals surface area contributed by atoms with Crippen molar-refractivity contribution in [1.82, 2.24) is 4.98 Å². The third-order valence-corrected chi connectivity index (χ3v) is 9.79. The molecule has 3 aromatic heterocycles.